The molecule has 4 aliphatic carbocycles. The van der Waals surface area contributed by atoms with Gasteiger partial charge in [-0.2, -0.15) is 0 Å². The Morgan fingerprint density at radius 3 is 2.19 bits per heavy atom. The number of likely N-dealkylation sites (tertiary alicyclic amines) is 2. The van der Waals surface area contributed by atoms with Crippen molar-refractivity contribution in [1.82, 2.24) is 9.80 Å². The van der Waals surface area contributed by atoms with Crippen molar-refractivity contribution in [3.63, 3.8) is 0 Å². The zero-order valence-electron chi connectivity index (χ0n) is 21.9. The molecule has 0 N–H and O–H groups in total. The van der Waals surface area contributed by atoms with E-state index in [0.29, 0.717) is 5.41 Å². The maximum atomic E-state index is 2.98. The Kier molecular flexibility index (Phi) is 5.63. The molecule has 1 atom stereocenters. The molecule has 9 rings (SSSR count). The zero-order chi connectivity index (χ0) is 23.7. The summed E-state index contributed by atoms with van der Waals surface area (Å²) in [6.45, 7) is 7.95. The van der Waals surface area contributed by atoms with Gasteiger partial charge in [-0.15, -0.1) is 0 Å². The van der Waals surface area contributed by atoms with Crippen molar-refractivity contribution >= 4 is 28.4 Å². The van der Waals surface area contributed by atoms with Crippen molar-refractivity contribution in [2.24, 2.45) is 29.1 Å². The van der Waals surface area contributed by atoms with Gasteiger partial charge in [0.05, 0.1) is 5.69 Å². The van der Waals surface area contributed by atoms with E-state index < -0.39 is 0 Å². The van der Waals surface area contributed by atoms with E-state index in [0.717, 1.165) is 29.7 Å². The summed E-state index contributed by atoms with van der Waals surface area (Å²) in [5.41, 5.74) is 2.11. The number of rotatable bonds is 6. The van der Waals surface area contributed by atoms with Crippen LogP contribution in [0.15, 0.2) is 41.3 Å². The molecule has 4 saturated carbocycles. The third-order valence-corrected chi connectivity index (χ3v) is 12.4. The molecule has 7 aliphatic rings. The average Bonchev–Trinajstić information content (AvgIpc) is 3.53. The maximum absolute atomic E-state index is 2.98. The second-order valence-corrected chi connectivity index (χ2v) is 14.6. The highest BCUT2D eigenvalue weighted by molar-refractivity contribution is 8.01. The maximum Gasteiger partial charge on any atom is 0.0563 e. The monoisotopic (exact) mass is 501 g/mol. The third-order valence-electron chi connectivity index (χ3n) is 11.3. The minimum atomic E-state index is 0.659. The lowest BCUT2D eigenvalue weighted by molar-refractivity contribution is -0.105. The summed E-state index contributed by atoms with van der Waals surface area (Å²) < 4.78 is 2.61. The van der Waals surface area contributed by atoms with E-state index in [1.54, 1.807) is 38.5 Å². The Morgan fingerprint density at radius 1 is 0.833 bits per heavy atom. The first-order valence-electron chi connectivity index (χ1n) is 15.2. The highest BCUT2D eigenvalue weighted by Crippen LogP contribution is 2.62. The van der Waals surface area contributed by atoms with E-state index in [9.17, 15) is 0 Å². The number of hydrogen-bond acceptors (Lipinski definition) is 4. The fourth-order valence-corrected chi connectivity index (χ4v) is 11.3. The second kappa shape index (κ2) is 8.92. The standard InChI is InChI=1S/C32H43N3S/c1-2-12-34(11-1)30(32-18-24-15-25(19-32)17-26(16-24)20-32)22-33-13-9-23(10-14-33)21-35-28-7-3-5-27-6-4-8-29(36-35)31(27)28/h3-8,23-26,30H,1-2,9-22H2. The van der Waals surface area contributed by atoms with E-state index in [-0.39, 0.29) is 0 Å². The fourth-order valence-electron chi connectivity index (χ4n) is 10.0. The fraction of sp³-hybridized carbons (Fsp3) is 0.688. The van der Waals surface area contributed by atoms with E-state index >= 15 is 0 Å². The van der Waals surface area contributed by atoms with Crippen LogP contribution in [0.4, 0.5) is 5.69 Å². The van der Waals surface area contributed by atoms with Crippen LogP contribution < -0.4 is 4.31 Å². The van der Waals surface area contributed by atoms with Crippen LogP contribution >= 0.6 is 11.9 Å². The number of piperidine rings is 1. The molecule has 2 aromatic rings. The van der Waals surface area contributed by atoms with Crippen LogP contribution in [-0.2, 0) is 0 Å². The molecule has 4 heteroatoms. The summed E-state index contributed by atoms with van der Waals surface area (Å²) in [6, 6.07) is 14.5. The highest BCUT2D eigenvalue weighted by atomic mass is 32.2. The minimum absolute atomic E-state index is 0.659. The molecule has 3 heterocycles. The van der Waals surface area contributed by atoms with Gasteiger partial charge in [0.15, 0.2) is 0 Å². The molecule has 3 nitrogen and oxygen atoms in total. The van der Waals surface area contributed by atoms with Gasteiger partial charge in [0.1, 0.15) is 0 Å². The van der Waals surface area contributed by atoms with Gasteiger partial charge in [-0.1, -0.05) is 24.3 Å². The summed E-state index contributed by atoms with van der Waals surface area (Å²) in [7, 11) is 0. The van der Waals surface area contributed by atoms with Crippen LogP contribution in [0.5, 0.6) is 0 Å². The van der Waals surface area contributed by atoms with Gasteiger partial charge < -0.3 is 9.21 Å². The lowest BCUT2D eigenvalue weighted by Gasteiger charge is -2.61. The molecule has 0 aromatic heterocycles. The highest BCUT2D eigenvalue weighted by Gasteiger charge is 2.55. The van der Waals surface area contributed by atoms with Gasteiger partial charge in [-0.3, -0.25) is 4.90 Å². The van der Waals surface area contributed by atoms with Crippen LogP contribution in [0, 0.1) is 29.1 Å². The Bertz CT molecular complexity index is 1080. The smallest absolute Gasteiger partial charge is 0.0563 e. The SMILES string of the molecule is c1cc2c3c(cccc3c1)N(CC1CCN(CC(N3CCCC3)C34CC5CC(CC(C5)C3)C4)CC1)S2. The van der Waals surface area contributed by atoms with Gasteiger partial charge in [0.2, 0.25) is 0 Å². The van der Waals surface area contributed by atoms with Crippen LogP contribution in [0.3, 0.4) is 0 Å². The molecule has 0 radical (unpaired) electrons. The molecule has 192 valence electrons. The first-order chi connectivity index (χ1) is 17.7. The molecule has 1 unspecified atom stereocenters. The third kappa shape index (κ3) is 3.84. The number of nitrogens with zero attached hydrogens (tertiary/aromatic N) is 3. The lowest BCUT2D eigenvalue weighted by Crippen LogP contribution is -2.60. The Balaban J connectivity index is 0.941. The average molecular weight is 502 g/mol. The number of anilines is 1. The van der Waals surface area contributed by atoms with Gasteiger partial charge >= 0.3 is 0 Å². The summed E-state index contributed by atoms with van der Waals surface area (Å²) in [5, 5.41) is 2.87. The molecule has 2 saturated heterocycles. The predicted molar refractivity (Wildman–Crippen MR) is 152 cm³/mol. The normalized spacial score (nSPS) is 35.3. The van der Waals surface area contributed by atoms with Crippen molar-refractivity contribution in [2.75, 3.05) is 43.6 Å². The second-order valence-electron chi connectivity index (χ2n) is 13.6. The Labute approximate surface area is 222 Å². The van der Waals surface area contributed by atoms with Gasteiger partial charge in [0.25, 0.3) is 0 Å². The quantitative estimate of drug-likeness (QED) is 0.392. The van der Waals surface area contributed by atoms with E-state index in [1.807, 2.05) is 11.9 Å². The number of hydrogen-bond donors (Lipinski definition) is 0. The molecular formula is C32H43N3S. The Hall–Kier alpha value is -1.23. The summed E-state index contributed by atoms with van der Waals surface area (Å²) in [5.74, 6) is 4.03. The van der Waals surface area contributed by atoms with Crippen LogP contribution in [-0.4, -0.2) is 55.1 Å². The predicted octanol–water partition coefficient (Wildman–Crippen LogP) is 7.06. The molecule has 0 spiro atoms. The van der Waals surface area contributed by atoms with Crippen molar-refractivity contribution in [2.45, 2.75) is 75.1 Å². The van der Waals surface area contributed by atoms with Crippen LogP contribution in [0.1, 0.15) is 64.2 Å². The molecule has 3 aliphatic heterocycles. The van der Waals surface area contributed by atoms with Gasteiger partial charge in [0, 0.05) is 29.4 Å². The zero-order valence-corrected chi connectivity index (χ0v) is 22.7. The summed E-state index contributed by atoms with van der Waals surface area (Å²) in [6.07, 6.45) is 15.0. The molecule has 0 amide bonds. The topological polar surface area (TPSA) is 9.72 Å². The van der Waals surface area contributed by atoms with Crippen LogP contribution in [0.2, 0.25) is 0 Å². The van der Waals surface area contributed by atoms with Crippen molar-refractivity contribution in [3.8, 4) is 0 Å². The molecule has 6 fully saturated rings. The Morgan fingerprint density at radius 2 is 1.50 bits per heavy atom. The lowest BCUT2D eigenvalue weighted by atomic mass is 9.47. The molecule has 4 bridgehead atoms. The van der Waals surface area contributed by atoms with Crippen molar-refractivity contribution in [3.05, 3.63) is 36.4 Å². The summed E-state index contributed by atoms with van der Waals surface area (Å²) in [4.78, 5) is 7.34. The minimum Gasteiger partial charge on any atom is -0.311 e. The van der Waals surface area contributed by atoms with Crippen molar-refractivity contribution in [1.29, 1.82) is 0 Å². The van der Waals surface area contributed by atoms with Gasteiger partial charge in [-0.25, -0.2) is 0 Å². The molecular weight excluding hydrogens is 458 g/mol. The molecule has 2 aromatic carbocycles. The number of benzene rings is 2. The van der Waals surface area contributed by atoms with E-state index in [1.165, 1.54) is 86.3 Å². The van der Waals surface area contributed by atoms with Gasteiger partial charge in [-0.05, 0) is 149 Å². The largest absolute Gasteiger partial charge is 0.311 e. The van der Waals surface area contributed by atoms with E-state index in [4.69, 9.17) is 0 Å². The first-order valence-corrected chi connectivity index (χ1v) is 15.9. The summed E-state index contributed by atoms with van der Waals surface area (Å²) >= 11 is 1.98. The first kappa shape index (κ1) is 22.7. The van der Waals surface area contributed by atoms with E-state index in [2.05, 4.69) is 50.5 Å². The van der Waals surface area contributed by atoms with Crippen molar-refractivity contribution < 1.29 is 0 Å². The molecule has 36 heavy (non-hydrogen) atoms. The van der Waals surface area contributed by atoms with Crippen LogP contribution in [0.25, 0.3) is 10.8 Å².